The van der Waals surface area contributed by atoms with Crippen LogP contribution in [0.15, 0.2) is 59.7 Å². The Labute approximate surface area is 191 Å². The summed E-state index contributed by atoms with van der Waals surface area (Å²) in [7, 11) is 2.14. The number of fused-ring (bicyclic) bond motifs is 2. The Kier molecular flexibility index (Phi) is 5.93. The molecule has 0 radical (unpaired) electrons. The summed E-state index contributed by atoms with van der Waals surface area (Å²) in [6.07, 6.45) is 4.81. The van der Waals surface area contributed by atoms with E-state index in [0.717, 1.165) is 43.5 Å². The maximum Gasteiger partial charge on any atom is 0.323 e. The normalized spacial score (nSPS) is 17.9. The molecular formula is C25H28N6O2. The Balaban J connectivity index is 1.26. The number of likely N-dealkylation sites (N-methyl/N-ethyl adjacent to an activating group) is 1. The van der Waals surface area contributed by atoms with Gasteiger partial charge in [0.2, 0.25) is 5.91 Å². The fourth-order valence-corrected chi connectivity index (χ4v) is 4.80. The minimum Gasteiger partial charge on any atom is -0.325 e. The van der Waals surface area contributed by atoms with Gasteiger partial charge in [-0.25, -0.2) is 4.79 Å². The number of aromatic amines is 2. The van der Waals surface area contributed by atoms with Gasteiger partial charge in [0.05, 0.1) is 17.6 Å². The first-order chi connectivity index (χ1) is 16.0. The number of nitrogens with zero attached hydrogens (tertiary/aromatic N) is 3. The molecule has 2 aromatic heterocycles. The second-order valence-corrected chi connectivity index (χ2v) is 8.97. The molecule has 1 aliphatic rings. The van der Waals surface area contributed by atoms with Gasteiger partial charge in [-0.2, -0.15) is 0 Å². The van der Waals surface area contributed by atoms with Crippen LogP contribution >= 0.6 is 0 Å². The lowest BCUT2D eigenvalue weighted by atomic mass is 9.96. The lowest BCUT2D eigenvalue weighted by Crippen LogP contribution is -2.37. The standard InChI is InChI=1S/C25H28N6O2/c1-30-8-9-31(16-24(32)27-20-6-7-22-23(11-20)29-25(33)28-22)15-17(14-30)10-19-13-26-12-18-4-2-3-5-21(18)19/h2-7,11-13,17H,8-10,14-16H2,1H3,(H,27,32)(H2,28,29,33)/t17-/m1/s1. The van der Waals surface area contributed by atoms with E-state index in [1.807, 2.05) is 18.5 Å². The van der Waals surface area contributed by atoms with Crippen LogP contribution in [0.25, 0.3) is 21.8 Å². The lowest BCUT2D eigenvalue weighted by molar-refractivity contribution is -0.117. The van der Waals surface area contributed by atoms with Gasteiger partial charge in [0, 0.05) is 49.6 Å². The first-order valence-corrected chi connectivity index (χ1v) is 11.3. The van der Waals surface area contributed by atoms with Crippen molar-refractivity contribution in [3.63, 3.8) is 0 Å². The average molecular weight is 445 g/mol. The summed E-state index contributed by atoms with van der Waals surface area (Å²) in [5, 5.41) is 5.38. The van der Waals surface area contributed by atoms with Crippen molar-refractivity contribution in [1.29, 1.82) is 0 Å². The first kappa shape index (κ1) is 21.4. The van der Waals surface area contributed by atoms with Crippen LogP contribution in [0.4, 0.5) is 5.69 Å². The van der Waals surface area contributed by atoms with Crippen molar-refractivity contribution in [2.75, 3.05) is 45.1 Å². The Bertz CT molecular complexity index is 1340. The molecule has 3 heterocycles. The van der Waals surface area contributed by atoms with Gasteiger partial charge in [0.25, 0.3) is 0 Å². The van der Waals surface area contributed by atoms with Gasteiger partial charge in [-0.15, -0.1) is 0 Å². The van der Waals surface area contributed by atoms with Crippen molar-refractivity contribution in [2.45, 2.75) is 6.42 Å². The van der Waals surface area contributed by atoms with E-state index in [2.05, 4.69) is 55.3 Å². The second-order valence-electron chi connectivity index (χ2n) is 8.97. The summed E-state index contributed by atoms with van der Waals surface area (Å²) < 4.78 is 0. The number of rotatable bonds is 5. The number of pyridine rings is 1. The van der Waals surface area contributed by atoms with Gasteiger partial charge in [-0.3, -0.25) is 14.7 Å². The quantitative estimate of drug-likeness (QED) is 0.439. The molecule has 3 N–H and O–H groups in total. The van der Waals surface area contributed by atoms with Crippen LogP contribution in [0, 0.1) is 5.92 Å². The van der Waals surface area contributed by atoms with Gasteiger partial charge in [-0.05, 0) is 48.5 Å². The highest BCUT2D eigenvalue weighted by Gasteiger charge is 2.23. The molecule has 1 fully saturated rings. The number of H-pyrrole nitrogens is 2. The summed E-state index contributed by atoms with van der Waals surface area (Å²) >= 11 is 0. The fourth-order valence-electron chi connectivity index (χ4n) is 4.80. The van der Waals surface area contributed by atoms with E-state index in [1.165, 1.54) is 10.9 Å². The maximum absolute atomic E-state index is 12.8. The Morgan fingerprint density at radius 3 is 2.85 bits per heavy atom. The third-order valence-electron chi connectivity index (χ3n) is 6.31. The zero-order valence-corrected chi connectivity index (χ0v) is 18.7. The fraction of sp³-hybridized carbons (Fsp3) is 0.320. The minimum absolute atomic E-state index is 0.0534. The molecular weight excluding hydrogens is 416 g/mol. The second kappa shape index (κ2) is 9.17. The van der Waals surface area contributed by atoms with E-state index in [4.69, 9.17) is 0 Å². The molecule has 8 heteroatoms. The highest BCUT2D eigenvalue weighted by Crippen LogP contribution is 2.22. The SMILES string of the molecule is CN1CCN(CC(=O)Nc2ccc3[nH]c(=O)[nH]c3c2)C[C@H](Cc2cncc3ccccc23)C1. The molecule has 0 spiro atoms. The predicted octanol–water partition coefficient (Wildman–Crippen LogP) is 2.45. The van der Waals surface area contributed by atoms with Gasteiger partial charge in [0.1, 0.15) is 0 Å². The third kappa shape index (κ3) is 4.97. The highest BCUT2D eigenvalue weighted by molar-refractivity contribution is 5.94. The van der Waals surface area contributed by atoms with E-state index < -0.39 is 0 Å². The Morgan fingerprint density at radius 2 is 1.94 bits per heavy atom. The molecule has 5 rings (SSSR count). The summed E-state index contributed by atoms with van der Waals surface area (Å²) in [6, 6.07) is 13.7. The number of imidazole rings is 1. The average Bonchev–Trinajstić information content (AvgIpc) is 3.07. The van der Waals surface area contributed by atoms with E-state index in [0.29, 0.717) is 23.7 Å². The number of carbonyl (C=O) groups is 1. The van der Waals surface area contributed by atoms with Crippen molar-refractivity contribution < 1.29 is 4.79 Å². The van der Waals surface area contributed by atoms with Crippen LogP contribution in [0.3, 0.4) is 0 Å². The van der Waals surface area contributed by atoms with Crippen LogP contribution in [-0.2, 0) is 11.2 Å². The molecule has 1 saturated heterocycles. The Hall–Kier alpha value is -3.49. The van der Waals surface area contributed by atoms with E-state index in [-0.39, 0.29) is 11.6 Å². The molecule has 4 aromatic rings. The number of aromatic nitrogens is 3. The van der Waals surface area contributed by atoms with Gasteiger partial charge in [0.15, 0.2) is 0 Å². The highest BCUT2D eigenvalue weighted by atomic mass is 16.2. The number of benzene rings is 2. The topological polar surface area (TPSA) is 97.1 Å². The van der Waals surface area contributed by atoms with Crippen molar-refractivity contribution in [1.82, 2.24) is 24.8 Å². The number of hydrogen-bond acceptors (Lipinski definition) is 5. The molecule has 1 aliphatic heterocycles. The molecule has 0 aliphatic carbocycles. The number of carbonyl (C=O) groups excluding carboxylic acids is 1. The van der Waals surface area contributed by atoms with Crippen molar-refractivity contribution in [3.05, 3.63) is 70.9 Å². The molecule has 1 atom stereocenters. The maximum atomic E-state index is 12.8. The van der Waals surface area contributed by atoms with E-state index in [9.17, 15) is 9.59 Å². The van der Waals surface area contributed by atoms with Gasteiger partial charge in [-0.1, -0.05) is 24.3 Å². The summed E-state index contributed by atoms with van der Waals surface area (Å²) in [6.45, 7) is 3.94. The predicted molar refractivity (Wildman–Crippen MR) is 130 cm³/mol. The van der Waals surface area contributed by atoms with Crippen LogP contribution in [0.5, 0.6) is 0 Å². The molecule has 2 aromatic carbocycles. The van der Waals surface area contributed by atoms with Crippen molar-refractivity contribution in [2.24, 2.45) is 5.92 Å². The molecule has 0 saturated carbocycles. The summed E-state index contributed by atoms with van der Waals surface area (Å²) in [5.74, 6) is 0.349. The molecule has 170 valence electrons. The number of nitrogens with one attached hydrogen (secondary N) is 3. The molecule has 33 heavy (non-hydrogen) atoms. The smallest absolute Gasteiger partial charge is 0.323 e. The molecule has 8 nitrogen and oxygen atoms in total. The van der Waals surface area contributed by atoms with Crippen molar-refractivity contribution >= 4 is 33.4 Å². The minimum atomic E-state index is -0.255. The van der Waals surface area contributed by atoms with Crippen LogP contribution in [0.2, 0.25) is 0 Å². The zero-order chi connectivity index (χ0) is 22.8. The van der Waals surface area contributed by atoms with Crippen LogP contribution in [-0.4, -0.2) is 70.4 Å². The van der Waals surface area contributed by atoms with E-state index >= 15 is 0 Å². The summed E-state index contributed by atoms with van der Waals surface area (Å²) in [4.78, 5) is 38.7. The monoisotopic (exact) mass is 444 g/mol. The zero-order valence-electron chi connectivity index (χ0n) is 18.7. The first-order valence-electron chi connectivity index (χ1n) is 11.3. The third-order valence-corrected chi connectivity index (χ3v) is 6.31. The summed E-state index contributed by atoms with van der Waals surface area (Å²) in [5.41, 5.74) is 3.08. The van der Waals surface area contributed by atoms with E-state index in [1.54, 1.807) is 18.2 Å². The number of hydrogen-bond donors (Lipinski definition) is 3. The Morgan fingerprint density at radius 1 is 1.09 bits per heavy atom. The lowest BCUT2D eigenvalue weighted by Gasteiger charge is -2.24. The number of amides is 1. The van der Waals surface area contributed by atoms with Gasteiger partial charge < -0.3 is 20.2 Å². The number of anilines is 1. The molecule has 1 amide bonds. The van der Waals surface area contributed by atoms with Crippen LogP contribution in [0.1, 0.15) is 5.56 Å². The largest absolute Gasteiger partial charge is 0.325 e. The molecule has 0 bridgehead atoms. The van der Waals surface area contributed by atoms with Gasteiger partial charge >= 0.3 is 5.69 Å². The van der Waals surface area contributed by atoms with Crippen LogP contribution < -0.4 is 11.0 Å². The molecule has 0 unspecified atom stereocenters. The van der Waals surface area contributed by atoms with Crippen molar-refractivity contribution in [3.8, 4) is 0 Å².